The summed E-state index contributed by atoms with van der Waals surface area (Å²) >= 11 is 3.84. The Balaban J connectivity index is 2.44. The Morgan fingerprint density at radius 1 is 0.722 bits per heavy atom. The second kappa shape index (κ2) is 5.27. The van der Waals surface area contributed by atoms with E-state index in [2.05, 4.69) is 80.0 Å². The highest BCUT2D eigenvalue weighted by Gasteiger charge is 2.14. The van der Waals surface area contributed by atoms with E-state index < -0.39 is 0 Å². The van der Waals surface area contributed by atoms with Crippen molar-refractivity contribution in [3.63, 3.8) is 0 Å². The number of benzene rings is 2. The van der Waals surface area contributed by atoms with E-state index in [-0.39, 0.29) is 4.83 Å². The van der Waals surface area contributed by atoms with Crippen LogP contribution in [0.1, 0.15) is 38.2 Å². The maximum atomic E-state index is 3.84. The SMILES string of the molecule is Cc1ccc(C(Br)c2ccc(C)cc2C)c(C)c1. The highest BCUT2D eigenvalue weighted by molar-refractivity contribution is 9.09. The largest absolute Gasteiger partial charge is 0.0786 e. The second-order valence-electron chi connectivity index (χ2n) is 5.08. The summed E-state index contributed by atoms with van der Waals surface area (Å²) in [6.07, 6.45) is 0. The van der Waals surface area contributed by atoms with Gasteiger partial charge in [0.2, 0.25) is 0 Å². The zero-order valence-corrected chi connectivity index (χ0v) is 13.0. The van der Waals surface area contributed by atoms with E-state index in [0.29, 0.717) is 0 Å². The second-order valence-corrected chi connectivity index (χ2v) is 6.00. The maximum Gasteiger partial charge on any atom is 0.0649 e. The van der Waals surface area contributed by atoms with Crippen molar-refractivity contribution in [3.05, 3.63) is 69.8 Å². The van der Waals surface area contributed by atoms with E-state index in [9.17, 15) is 0 Å². The fourth-order valence-corrected chi connectivity index (χ4v) is 3.41. The van der Waals surface area contributed by atoms with Crippen molar-refractivity contribution in [2.45, 2.75) is 32.5 Å². The lowest BCUT2D eigenvalue weighted by Gasteiger charge is -2.17. The van der Waals surface area contributed by atoms with Crippen molar-refractivity contribution in [3.8, 4) is 0 Å². The van der Waals surface area contributed by atoms with Crippen molar-refractivity contribution >= 4 is 15.9 Å². The molecule has 0 nitrogen and oxygen atoms in total. The fourth-order valence-electron chi connectivity index (χ4n) is 2.39. The van der Waals surface area contributed by atoms with Crippen LogP contribution in [0.4, 0.5) is 0 Å². The average Bonchev–Trinajstić information content (AvgIpc) is 2.28. The summed E-state index contributed by atoms with van der Waals surface area (Å²) in [4.78, 5) is 0.277. The first-order chi connectivity index (χ1) is 8.49. The van der Waals surface area contributed by atoms with Crippen LogP contribution in [0.15, 0.2) is 36.4 Å². The lowest BCUT2D eigenvalue weighted by molar-refractivity contribution is 1.11. The summed E-state index contributed by atoms with van der Waals surface area (Å²) in [5, 5.41) is 0. The van der Waals surface area contributed by atoms with Crippen LogP contribution in [0.2, 0.25) is 0 Å². The molecule has 0 aliphatic heterocycles. The van der Waals surface area contributed by atoms with Crippen molar-refractivity contribution in [1.29, 1.82) is 0 Å². The Morgan fingerprint density at radius 3 is 1.44 bits per heavy atom. The summed E-state index contributed by atoms with van der Waals surface area (Å²) in [6, 6.07) is 13.3. The van der Waals surface area contributed by atoms with Gasteiger partial charge in [0.1, 0.15) is 0 Å². The van der Waals surface area contributed by atoms with Crippen LogP contribution in [0.5, 0.6) is 0 Å². The van der Waals surface area contributed by atoms with E-state index in [0.717, 1.165) is 0 Å². The Morgan fingerprint density at radius 2 is 1.11 bits per heavy atom. The molecule has 0 bridgehead atoms. The van der Waals surface area contributed by atoms with Crippen molar-refractivity contribution in [2.24, 2.45) is 0 Å². The van der Waals surface area contributed by atoms with Gasteiger partial charge >= 0.3 is 0 Å². The molecule has 0 aromatic heterocycles. The number of hydrogen-bond donors (Lipinski definition) is 0. The highest BCUT2D eigenvalue weighted by Crippen LogP contribution is 2.35. The van der Waals surface area contributed by atoms with Gasteiger partial charge in [-0.2, -0.15) is 0 Å². The van der Waals surface area contributed by atoms with E-state index in [1.807, 2.05) is 0 Å². The minimum atomic E-state index is 0.277. The molecule has 0 aliphatic carbocycles. The Kier molecular flexibility index (Phi) is 3.91. The molecule has 1 heteroatoms. The van der Waals surface area contributed by atoms with E-state index in [1.165, 1.54) is 33.4 Å². The fraction of sp³-hybridized carbons (Fsp3) is 0.294. The van der Waals surface area contributed by atoms with Crippen LogP contribution in [0.3, 0.4) is 0 Å². The summed E-state index contributed by atoms with van der Waals surface area (Å²) < 4.78 is 0. The standard InChI is InChI=1S/C17H19Br/c1-11-5-7-15(13(3)9-11)17(18)16-8-6-12(2)10-14(16)4/h5-10,17H,1-4H3. The molecule has 0 heterocycles. The summed E-state index contributed by atoms with van der Waals surface area (Å²) in [5.74, 6) is 0. The number of hydrogen-bond acceptors (Lipinski definition) is 0. The molecule has 0 saturated heterocycles. The van der Waals surface area contributed by atoms with Crippen molar-refractivity contribution < 1.29 is 0 Å². The quantitative estimate of drug-likeness (QED) is 0.651. The summed E-state index contributed by atoms with van der Waals surface area (Å²) in [7, 11) is 0. The molecule has 0 aliphatic rings. The van der Waals surface area contributed by atoms with Crippen LogP contribution >= 0.6 is 15.9 Å². The van der Waals surface area contributed by atoms with E-state index >= 15 is 0 Å². The molecule has 2 rings (SSSR count). The lowest BCUT2D eigenvalue weighted by Crippen LogP contribution is -1.99. The van der Waals surface area contributed by atoms with Gasteiger partial charge in [-0.25, -0.2) is 0 Å². The van der Waals surface area contributed by atoms with Gasteiger partial charge in [0.05, 0.1) is 4.83 Å². The van der Waals surface area contributed by atoms with Gasteiger partial charge in [0, 0.05) is 0 Å². The van der Waals surface area contributed by atoms with Gasteiger partial charge in [-0.15, -0.1) is 0 Å². The van der Waals surface area contributed by atoms with Crippen LogP contribution in [0.25, 0.3) is 0 Å². The number of aryl methyl sites for hydroxylation is 4. The zero-order valence-electron chi connectivity index (χ0n) is 11.4. The molecule has 2 aromatic rings. The highest BCUT2D eigenvalue weighted by atomic mass is 79.9. The molecule has 0 N–H and O–H groups in total. The van der Waals surface area contributed by atoms with E-state index in [1.54, 1.807) is 0 Å². The molecule has 18 heavy (non-hydrogen) atoms. The van der Waals surface area contributed by atoms with Crippen molar-refractivity contribution in [2.75, 3.05) is 0 Å². The maximum absolute atomic E-state index is 3.84. The Labute approximate surface area is 118 Å². The molecule has 0 fully saturated rings. The third kappa shape index (κ3) is 2.67. The first-order valence-corrected chi connectivity index (χ1v) is 7.19. The molecule has 0 amide bonds. The van der Waals surface area contributed by atoms with Crippen LogP contribution in [-0.2, 0) is 0 Å². The third-order valence-corrected chi connectivity index (χ3v) is 4.38. The van der Waals surface area contributed by atoms with Crippen LogP contribution in [-0.4, -0.2) is 0 Å². The first kappa shape index (κ1) is 13.4. The zero-order chi connectivity index (χ0) is 13.3. The van der Waals surface area contributed by atoms with Crippen LogP contribution < -0.4 is 0 Å². The predicted octanol–water partition coefficient (Wildman–Crippen LogP) is 5.40. The normalized spacial score (nSPS) is 11.0. The van der Waals surface area contributed by atoms with Crippen molar-refractivity contribution in [1.82, 2.24) is 0 Å². The van der Waals surface area contributed by atoms with Gasteiger partial charge in [0.25, 0.3) is 0 Å². The van der Waals surface area contributed by atoms with Gasteiger partial charge in [0.15, 0.2) is 0 Å². The lowest BCUT2D eigenvalue weighted by atomic mass is 9.95. The third-order valence-electron chi connectivity index (χ3n) is 3.40. The molecule has 94 valence electrons. The molecule has 2 aromatic carbocycles. The molecular weight excluding hydrogens is 284 g/mol. The van der Waals surface area contributed by atoms with Gasteiger partial charge < -0.3 is 0 Å². The molecule has 0 radical (unpaired) electrons. The predicted molar refractivity (Wildman–Crippen MR) is 82.6 cm³/mol. The number of halogens is 1. The monoisotopic (exact) mass is 302 g/mol. The topological polar surface area (TPSA) is 0 Å². The summed E-state index contributed by atoms with van der Waals surface area (Å²) in [5.41, 5.74) is 8.03. The molecule has 0 saturated carbocycles. The smallest absolute Gasteiger partial charge is 0.0649 e. The molecular formula is C17H19Br. The molecule has 0 spiro atoms. The van der Waals surface area contributed by atoms with E-state index in [4.69, 9.17) is 0 Å². The van der Waals surface area contributed by atoms with Gasteiger partial charge in [-0.05, 0) is 49.9 Å². The average molecular weight is 303 g/mol. The minimum Gasteiger partial charge on any atom is -0.0786 e. The molecule has 0 atom stereocenters. The summed E-state index contributed by atoms with van der Waals surface area (Å²) in [6.45, 7) is 8.63. The molecule has 0 unspecified atom stereocenters. The van der Waals surface area contributed by atoms with Gasteiger partial charge in [-0.3, -0.25) is 0 Å². The Bertz CT molecular complexity index is 518. The van der Waals surface area contributed by atoms with Crippen LogP contribution in [0, 0.1) is 27.7 Å². The number of alkyl halides is 1. The Hall–Kier alpha value is -1.08. The number of rotatable bonds is 2. The minimum absolute atomic E-state index is 0.277. The van der Waals surface area contributed by atoms with Gasteiger partial charge in [-0.1, -0.05) is 63.5 Å². The first-order valence-electron chi connectivity index (χ1n) is 6.27.